The van der Waals surface area contributed by atoms with Crippen LogP contribution in [0.15, 0.2) is 42.5 Å². The molecule has 0 atom stereocenters. The molecule has 4 rings (SSSR count). The van der Waals surface area contributed by atoms with E-state index in [9.17, 15) is 4.79 Å². The summed E-state index contributed by atoms with van der Waals surface area (Å²) in [5.74, 6) is 0.293. The molecule has 0 spiro atoms. The topological polar surface area (TPSA) is 17.1 Å². The summed E-state index contributed by atoms with van der Waals surface area (Å²) in [6.45, 7) is 2.15. The molecule has 1 aliphatic rings. The molecule has 0 N–H and O–H groups in total. The summed E-state index contributed by atoms with van der Waals surface area (Å²) < 4.78 is 0. The summed E-state index contributed by atoms with van der Waals surface area (Å²) in [5, 5.41) is 5.13. The highest BCUT2D eigenvalue weighted by Crippen LogP contribution is 2.34. The van der Waals surface area contributed by atoms with Crippen molar-refractivity contribution in [3.63, 3.8) is 0 Å². The third-order valence-electron chi connectivity index (χ3n) is 4.26. The van der Waals surface area contributed by atoms with Crippen molar-refractivity contribution in [3.8, 4) is 0 Å². The number of carbonyl (C=O) groups is 1. The van der Waals surface area contributed by atoms with Crippen LogP contribution in [0.1, 0.15) is 27.9 Å². The third-order valence-corrected chi connectivity index (χ3v) is 4.26. The Balaban J connectivity index is 2.22. The van der Waals surface area contributed by atoms with Gasteiger partial charge in [-0.05, 0) is 46.0 Å². The van der Waals surface area contributed by atoms with Crippen LogP contribution < -0.4 is 0 Å². The van der Waals surface area contributed by atoms with Gasteiger partial charge in [0, 0.05) is 12.0 Å². The lowest BCUT2D eigenvalue weighted by Crippen LogP contribution is -1.92. The Morgan fingerprint density at radius 3 is 2.63 bits per heavy atom. The van der Waals surface area contributed by atoms with Crippen molar-refractivity contribution in [2.24, 2.45) is 0 Å². The Morgan fingerprint density at radius 2 is 1.74 bits per heavy atom. The van der Waals surface area contributed by atoms with E-state index in [1.54, 1.807) is 0 Å². The highest BCUT2D eigenvalue weighted by molar-refractivity contribution is 6.14. The van der Waals surface area contributed by atoms with Crippen molar-refractivity contribution in [2.45, 2.75) is 19.8 Å². The van der Waals surface area contributed by atoms with Crippen LogP contribution in [-0.2, 0) is 6.42 Å². The van der Waals surface area contributed by atoms with E-state index in [0.717, 1.165) is 12.0 Å². The van der Waals surface area contributed by atoms with Gasteiger partial charge < -0.3 is 0 Å². The second-order valence-electron chi connectivity index (χ2n) is 5.35. The number of benzene rings is 3. The van der Waals surface area contributed by atoms with E-state index in [1.807, 2.05) is 6.07 Å². The third kappa shape index (κ3) is 1.39. The summed E-state index contributed by atoms with van der Waals surface area (Å²) in [7, 11) is 0. The molecule has 3 aromatic carbocycles. The largest absolute Gasteiger partial charge is 0.294 e. The van der Waals surface area contributed by atoms with Crippen molar-refractivity contribution in [1.29, 1.82) is 0 Å². The monoisotopic (exact) mass is 246 g/mol. The Hall–Kier alpha value is -2.15. The van der Waals surface area contributed by atoms with Gasteiger partial charge in [-0.25, -0.2) is 0 Å². The minimum atomic E-state index is 0.293. The lowest BCUT2D eigenvalue weighted by Gasteiger charge is -2.10. The van der Waals surface area contributed by atoms with E-state index in [1.165, 1.54) is 32.7 Å². The Bertz CT molecular complexity index is 843. The Kier molecular flexibility index (Phi) is 2.08. The summed E-state index contributed by atoms with van der Waals surface area (Å²) in [4.78, 5) is 11.8. The molecule has 0 radical (unpaired) electrons. The number of Topliss-reactive ketones (excluding diaryl/α,β-unsaturated/α-hetero) is 1. The molecule has 0 unspecified atom stereocenters. The average Bonchev–Trinajstić information content (AvgIpc) is 2.80. The van der Waals surface area contributed by atoms with Gasteiger partial charge in [0.1, 0.15) is 0 Å². The zero-order valence-electron chi connectivity index (χ0n) is 10.9. The lowest BCUT2D eigenvalue weighted by atomic mass is 9.94. The molecule has 0 aromatic heterocycles. The van der Waals surface area contributed by atoms with Crippen molar-refractivity contribution < 1.29 is 4.79 Å². The fourth-order valence-electron chi connectivity index (χ4n) is 3.35. The maximum atomic E-state index is 11.8. The second kappa shape index (κ2) is 3.67. The number of ketones is 1. The number of aryl methyl sites for hydroxylation is 2. The summed E-state index contributed by atoms with van der Waals surface area (Å²) >= 11 is 0. The maximum absolute atomic E-state index is 11.8. The summed E-state index contributed by atoms with van der Waals surface area (Å²) in [6, 6.07) is 14.9. The standard InChI is InChI=1S/C18H14O/c1-11-3-2-4-12-5-6-14-13-9-10-17(19)15(13)7-8-16(14)18(11)12/h2-8H,9-10H2,1H3. The summed E-state index contributed by atoms with van der Waals surface area (Å²) in [5.41, 5.74) is 3.47. The molecular weight excluding hydrogens is 232 g/mol. The molecule has 19 heavy (non-hydrogen) atoms. The number of carbonyl (C=O) groups excluding carboxylic acids is 1. The van der Waals surface area contributed by atoms with E-state index in [-0.39, 0.29) is 0 Å². The van der Waals surface area contributed by atoms with Gasteiger partial charge in [0.2, 0.25) is 0 Å². The molecule has 0 heterocycles. The zero-order chi connectivity index (χ0) is 13.0. The van der Waals surface area contributed by atoms with Crippen LogP contribution in [-0.4, -0.2) is 5.78 Å². The maximum Gasteiger partial charge on any atom is 0.163 e. The molecule has 0 saturated carbocycles. The fourth-order valence-corrected chi connectivity index (χ4v) is 3.35. The molecule has 0 amide bonds. The highest BCUT2D eigenvalue weighted by atomic mass is 16.1. The van der Waals surface area contributed by atoms with Crippen LogP contribution in [0.4, 0.5) is 0 Å². The molecule has 1 nitrogen and oxygen atoms in total. The van der Waals surface area contributed by atoms with Gasteiger partial charge in [0.15, 0.2) is 5.78 Å². The first-order valence-corrected chi connectivity index (χ1v) is 6.73. The molecule has 3 aromatic rings. The highest BCUT2D eigenvalue weighted by Gasteiger charge is 2.21. The van der Waals surface area contributed by atoms with E-state index in [4.69, 9.17) is 0 Å². The van der Waals surface area contributed by atoms with Crippen LogP contribution >= 0.6 is 0 Å². The van der Waals surface area contributed by atoms with Gasteiger partial charge in [-0.15, -0.1) is 0 Å². The first-order chi connectivity index (χ1) is 9.25. The Morgan fingerprint density at radius 1 is 0.895 bits per heavy atom. The normalized spacial score (nSPS) is 14.3. The van der Waals surface area contributed by atoms with Gasteiger partial charge in [-0.1, -0.05) is 42.5 Å². The quantitative estimate of drug-likeness (QED) is 0.536. The van der Waals surface area contributed by atoms with Gasteiger partial charge in [-0.2, -0.15) is 0 Å². The SMILES string of the molecule is Cc1cccc2ccc3c4c(ccc3c12)C(=O)CC4. The van der Waals surface area contributed by atoms with Gasteiger partial charge >= 0.3 is 0 Å². The van der Waals surface area contributed by atoms with E-state index >= 15 is 0 Å². The predicted molar refractivity (Wildman–Crippen MR) is 78.8 cm³/mol. The van der Waals surface area contributed by atoms with Crippen molar-refractivity contribution in [1.82, 2.24) is 0 Å². The molecule has 0 aliphatic heterocycles. The van der Waals surface area contributed by atoms with Crippen LogP contribution in [0.25, 0.3) is 21.5 Å². The smallest absolute Gasteiger partial charge is 0.163 e. The zero-order valence-corrected chi connectivity index (χ0v) is 10.9. The van der Waals surface area contributed by atoms with Gasteiger partial charge in [-0.3, -0.25) is 4.79 Å². The minimum absolute atomic E-state index is 0.293. The molecule has 1 aliphatic carbocycles. The average molecular weight is 246 g/mol. The lowest BCUT2D eigenvalue weighted by molar-refractivity contribution is 0.0994. The molecule has 1 heteroatoms. The molecule has 0 saturated heterocycles. The van der Waals surface area contributed by atoms with Crippen LogP contribution in [0.2, 0.25) is 0 Å². The first-order valence-electron chi connectivity index (χ1n) is 6.73. The predicted octanol–water partition coefficient (Wildman–Crippen LogP) is 4.43. The van der Waals surface area contributed by atoms with Crippen LogP contribution in [0.5, 0.6) is 0 Å². The molecule has 0 bridgehead atoms. The Labute approximate surface area is 111 Å². The molecular formula is C18H14O. The van der Waals surface area contributed by atoms with Crippen molar-refractivity contribution in [2.75, 3.05) is 0 Å². The van der Waals surface area contributed by atoms with E-state index in [0.29, 0.717) is 12.2 Å². The fraction of sp³-hybridized carbons (Fsp3) is 0.167. The number of hydrogen-bond donors (Lipinski definition) is 0. The number of hydrogen-bond acceptors (Lipinski definition) is 1. The minimum Gasteiger partial charge on any atom is -0.294 e. The summed E-state index contributed by atoms with van der Waals surface area (Å²) in [6.07, 6.45) is 1.56. The molecule has 0 fully saturated rings. The van der Waals surface area contributed by atoms with Gasteiger partial charge in [0.05, 0.1) is 0 Å². The molecule has 92 valence electrons. The second-order valence-corrected chi connectivity index (χ2v) is 5.35. The first kappa shape index (κ1) is 10.7. The number of rotatable bonds is 0. The van der Waals surface area contributed by atoms with Crippen molar-refractivity contribution in [3.05, 3.63) is 59.2 Å². The van der Waals surface area contributed by atoms with E-state index in [2.05, 4.69) is 43.3 Å². The van der Waals surface area contributed by atoms with E-state index < -0.39 is 0 Å². The van der Waals surface area contributed by atoms with Crippen molar-refractivity contribution >= 4 is 27.3 Å². The van der Waals surface area contributed by atoms with Crippen LogP contribution in [0.3, 0.4) is 0 Å². The number of fused-ring (bicyclic) bond motifs is 5. The van der Waals surface area contributed by atoms with Gasteiger partial charge in [0.25, 0.3) is 0 Å². The van der Waals surface area contributed by atoms with Crippen LogP contribution in [0, 0.1) is 6.92 Å².